The topological polar surface area (TPSA) is 71.3 Å². The molecule has 0 fully saturated rings. The van der Waals surface area contributed by atoms with Crippen LogP contribution in [0.3, 0.4) is 0 Å². The van der Waals surface area contributed by atoms with Crippen LogP contribution in [0.1, 0.15) is 18.7 Å². The molecule has 21 heavy (non-hydrogen) atoms. The Kier molecular flexibility index (Phi) is 5.30. The molecule has 0 radical (unpaired) electrons. The van der Waals surface area contributed by atoms with Crippen LogP contribution >= 0.6 is 11.6 Å². The number of likely N-dealkylation sites (N-methyl/N-ethyl adjacent to an activating group) is 1. The highest BCUT2D eigenvalue weighted by Gasteiger charge is 2.12. The number of anilines is 1. The third kappa shape index (κ3) is 4.54. The monoisotopic (exact) mass is 308 g/mol. The van der Waals surface area contributed by atoms with Crippen LogP contribution in [0.2, 0.25) is 5.02 Å². The van der Waals surface area contributed by atoms with E-state index in [1.54, 1.807) is 17.0 Å². The summed E-state index contributed by atoms with van der Waals surface area (Å²) < 4.78 is 5.41. The summed E-state index contributed by atoms with van der Waals surface area (Å²) in [5, 5.41) is 11.1. The maximum Gasteiger partial charge on any atom is 0.238 e. The number of rotatable bonds is 6. The van der Waals surface area contributed by atoms with E-state index in [-0.39, 0.29) is 12.5 Å². The molecule has 0 saturated heterocycles. The number of hydrogen-bond donors (Lipinski definition) is 1. The van der Waals surface area contributed by atoms with Crippen LogP contribution < -0.4 is 5.32 Å². The minimum absolute atomic E-state index is 0.152. The largest absolute Gasteiger partial charge is 0.424 e. The molecule has 1 amide bonds. The minimum Gasteiger partial charge on any atom is -0.424 e. The van der Waals surface area contributed by atoms with Gasteiger partial charge in [0, 0.05) is 6.42 Å². The highest BCUT2D eigenvalue weighted by molar-refractivity contribution is 6.33. The fourth-order valence-corrected chi connectivity index (χ4v) is 1.96. The number of benzene rings is 1. The maximum atomic E-state index is 11.9. The summed E-state index contributed by atoms with van der Waals surface area (Å²) in [5.41, 5.74) is 0.601. The van der Waals surface area contributed by atoms with Crippen LogP contribution in [0.15, 0.2) is 28.7 Å². The number of nitrogens with zero attached hydrogens (tertiary/aromatic N) is 3. The molecule has 1 heterocycles. The van der Waals surface area contributed by atoms with Crippen molar-refractivity contribution in [3.63, 3.8) is 0 Å². The quantitative estimate of drug-likeness (QED) is 0.887. The van der Waals surface area contributed by atoms with Gasteiger partial charge in [-0.2, -0.15) is 0 Å². The Morgan fingerprint density at radius 3 is 2.71 bits per heavy atom. The summed E-state index contributed by atoms with van der Waals surface area (Å²) >= 11 is 5.99. The van der Waals surface area contributed by atoms with E-state index in [2.05, 4.69) is 15.5 Å². The molecule has 0 bridgehead atoms. The zero-order chi connectivity index (χ0) is 15.2. The molecule has 6 nitrogen and oxygen atoms in total. The first-order chi connectivity index (χ1) is 10.1. The second-order valence-electron chi connectivity index (χ2n) is 4.64. The molecule has 0 aliphatic carbocycles. The second kappa shape index (κ2) is 7.19. The number of para-hydroxylation sites is 1. The number of aromatic nitrogens is 2. The third-order valence-corrected chi connectivity index (χ3v) is 3.11. The van der Waals surface area contributed by atoms with Gasteiger partial charge in [0.15, 0.2) is 0 Å². The average Bonchev–Trinajstić information content (AvgIpc) is 2.88. The van der Waals surface area contributed by atoms with E-state index in [4.69, 9.17) is 16.0 Å². The Balaban J connectivity index is 1.86. The fraction of sp³-hybridized carbons (Fsp3) is 0.357. The molecule has 0 spiro atoms. The number of halogens is 1. The Morgan fingerprint density at radius 1 is 1.33 bits per heavy atom. The first-order valence-electron chi connectivity index (χ1n) is 6.62. The molecule has 112 valence electrons. The first-order valence-corrected chi connectivity index (χ1v) is 7.00. The highest BCUT2D eigenvalue weighted by atomic mass is 35.5. The Hall–Kier alpha value is -1.92. The van der Waals surface area contributed by atoms with E-state index >= 15 is 0 Å². The van der Waals surface area contributed by atoms with Gasteiger partial charge in [0.25, 0.3) is 0 Å². The predicted molar refractivity (Wildman–Crippen MR) is 80.1 cm³/mol. The van der Waals surface area contributed by atoms with Gasteiger partial charge in [-0.25, -0.2) is 0 Å². The van der Waals surface area contributed by atoms with E-state index in [9.17, 15) is 4.79 Å². The normalized spacial score (nSPS) is 10.9. The van der Waals surface area contributed by atoms with Crippen LogP contribution in [0, 0.1) is 0 Å². The molecule has 1 N–H and O–H groups in total. The van der Waals surface area contributed by atoms with Crippen molar-refractivity contribution in [1.29, 1.82) is 0 Å². The molecule has 1 aromatic heterocycles. The van der Waals surface area contributed by atoms with Gasteiger partial charge in [-0.15, -0.1) is 10.2 Å². The van der Waals surface area contributed by atoms with Gasteiger partial charge in [0.2, 0.25) is 17.7 Å². The van der Waals surface area contributed by atoms with Gasteiger partial charge in [-0.05, 0) is 19.2 Å². The Labute approximate surface area is 128 Å². The van der Waals surface area contributed by atoms with Gasteiger partial charge in [-0.1, -0.05) is 30.7 Å². The molecule has 1 aromatic carbocycles. The minimum atomic E-state index is -0.152. The lowest BCUT2D eigenvalue weighted by molar-refractivity contribution is -0.117. The number of carbonyl (C=O) groups excluding carboxylic acids is 1. The zero-order valence-corrected chi connectivity index (χ0v) is 12.7. The molecule has 0 saturated carbocycles. The predicted octanol–water partition coefficient (Wildman–Crippen LogP) is 2.36. The van der Waals surface area contributed by atoms with Crippen molar-refractivity contribution in [2.75, 3.05) is 18.9 Å². The van der Waals surface area contributed by atoms with Crippen LogP contribution in [0.5, 0.6) is 0 Å². The van der Waals surface area contributed by atoms with Crippen molar-refractivity contribution in [3.8, 4) is 0 Å². The van der Waals surface area contributed by atoms with Crippen molar-refractivity contribution in [3.05, 3.63) is 41.1 Å². The van der Waals surface area contributed by atoms with Crippen molar-refractivity contribution in [2.45, 2.75) is 19.9 Å². The van der Waals surface area contributed by atoms with E-state index in [1.807, 2.05) is 26.1 Å². The van der Waals surface area contributed by atoms with Gasteiger partial charge >= 0.3 is 0 Å². The van der Waals surface area contributed by atoms with Crippen molar-refractivity contribution >= 4 is 23.2 Å². The van der Waals surface area contributed by atoms with Crippen LogP contribution in [-0.4, -0.2) is 34.6 Å². The van der Waals surface area contributed by atoms with Crippen LogP contribution in [0.4, 0.5) is 5.69 Å². The summed E-state index contributed by atoms with van der Waals surface area (Å²) in [4.78, 5) is 13.7. The zero-order valence-electron chi connectivity index (χ0n) is 12.0. The number of aryl methyl sites for hydroxylation is 1. The Morgan fingerprint density at radius 2 is 2.05 bits per heavy atom. The second-order valence-corrected chi connectivity index (χ2v) is 5.05. The first kappa shape index (κ1) is 15.5. The molecule has 0 unspecified atom stereocenters. The van der Waals surface area contributed by atoms with Crippen molar-refractivity contribution < 1.29 is 9.21 Å². The Bertz CT molecular complexity index is 615. The van der Waals surface area contributed by atoms with Gasteiger partial charge in [-0.3, -0.25) is 9.69 Å². The maximum absolute atomic E-state index is 11.9. The molecular formula is C14H17ClN4O2. The highest BCUT2D eigenvalue weighted by Crippen LogP contribution is 2.20. The standard InChI is InChI=1S/C14H17ClN4O2/c1-3-13-17-18-14(21-13)9-19(2)8-12(20)16-11-7-5-4-6-10(11)15/h4-7H,3,8-9H2,1-2H3,(H,16,20). The molecular weight excluding hydrogens is 292 g/mol. The van der Waals surface area contributed by atoms with Gasteiger partial charge in [0.05, 0.1) is 23.8 Å². The van der Waals surface area contributed by atoms with Gasteiger partial charge in [0.1, 0.15) is 0 Å². The summed E-state index contributed by atoms with van der Waals surface area (Å²) in [5.74, 6) is 0.944. The SMILES string of the molecule is CCc1nnc(CN(C)CC(=O)Nc2ccccc2Cl)o1. The smallest absolute Gasteiger partial charge is 0.238 e. The van der Waals surface area contributed by atoms with Crippen molar-refractivity contribution in [2.24, 2.45) is 0 Å². The van der Waals surface area contributed by atoms with E-state index in [0.717, 1.165) is 0 Å². The number of nitrogens with one attached hydrogen (secondary N) is 1. The van der Waals surface area contributed by atoms with E-state index < -0.39 is 0 Å². The van der Waals surface area contributed by atoms with E-state index in [1.165, 1.54) is 0 Å². The molecule has 0 atom stereocenters. The van der Waals surface area contributed by atoms with Crippen LogP contribution in [0.25, 0.3) is 0 Å². The van der Waals surface area contributed by atoms with Gasteiger partial charge < -0.3 is 9.73 Å². The lowest BCUT2D eigenvalue weighted by Crippen LogP contribution is -2.30. The molecule has 7 heteroatoms. The third-order valence-electron chi connectivity index (χ3n) is 2.78. The summed E-state index contributed by atoms with van der Waals surface area (Å²) in [7, 11) is 1.81. The van der Waals surface area contributed by atoms with Crippen molar-refractivity contribution in [1.82, 2.24) is 15.1 Å². The molecule has 0 aliphatic rings. The summed E-state index contributed by atoms with van der Waals surface area (Å²) in [6.45, 7) is 2.57. The fourth-order valence-electron chi connectivity index (χ4n) is 1.78. The molecule has 2 aromatic rings. The molecule has 0 aliphatic heterocycles. The molecule has 2 rings (SSSR count). The number of amides is 1. The van der Waals surface area contributed by atoms with Crippen LogP contribution in [-0.2, 0) is 17.8 Å². The number of carbonyl (C=O) groups is 1. The summed E-state index contributed by atoms with van der Waals surface area (Å²) in [6.07, 6.45) is 0.698. The lowest BCUT2D eigenvalue weighted by Gasteiger charge is -2.14. The number of hydrogen-bond acceptors (Lipinski definition) is 5. The average molecular weight is 309 g/mol. The summed E-state index contributed by atoms with van der Waals surface area (Å²) in [6, 6.07) is 7.11. The van der Waals surface area contributed by atoms with E-state index in [0.29, 0.717) is 35.5 Å². The lowest BCUT2D eigenvalue weighted by atomic mass is 10.3.